The number of carbonyl (C=O) groups is 1. The molecule has 0 radical (unpaired) electrons. The van der Waals surface area contributed by atoms with Crippen molar-refractivity contribution < 1.29 is 13.2 Å². The number of aliphatic imine (C=N–C) groups is 2. The molecule has 0 bridgehead atoms. The summed E-state index contributed by atoms with van der Waals surface area (Å²) in [5.41, 5.74) is 2.29. The van der Waals surface area contributed by atoms with E-state index in [-0.39, 0.29) is 11.7 Å². The lowest BCUT2D eigenvalue weighted by Crippen LogP contribution is -2.51. The number of piperidine rings is 1. The molecule has 1 amide bonds. The van der Waals surface area contributed by atoms with Crippen LogP contribution in [0.2, 0.25) is 0 Å². The third-order valence-electron chi connectivity index (χ3n) is 8.56. The quantitative estimate of drug-likeness (QED) is 0.540. The van der Waals surface area contributed by atoms with Crippen LogP contribution in [-0.2, 0) is 21.2 Å². The molecule has 3 heterocycles. The second kappa shape index (κ2) is 11.1. The first-order valence-electron chi connectivity index (χ1n) is 13.7. The minimum Gasteiger partial charge on any atom is -0.335 e. The number of nitrogens with one attached hydrogen (secondary N) is 2. The Morgan fingerprint density at radius 3 is 2.59 bits per heavy atom. The molecule has 1 aromatic carbocycles. The van der Waals surface area contributed by atoms with Crippen LogP contribution in [0.3, 0.4) is 0 Å². The Labute approximate surface area is 225 Å². The van der Waals surface area contributed by atoms with Crippen molar-refractivity contribution in [3.05, 3.63) is 29.3 Å². The minimum atomic E-state index is -3.42. The average molecular weight is 546 g/mol. The molecule has 0 unspecified atom stereocenters. The Morgan fingerprint density at radius 2 is 1.95 bits per heavy atom. The molecule has 5 rings (SSSR count). The fraction of sp³-hybridized carbons (Fsp3) is 0.667. The highest BCUT2D eigenvalue weighted by atomic mass is 32.2. The van der Waals surface area contributed by atoms with Crippen LogP contribution in [0, 0.1) is 18.8 Å². The van der Waals surface area contributed by atoms with E-state index in [0.717, 1.165) is 58.9 Å². The summed E-state index contributed by atoms with van der Waals surface area (Å²) in [6.07, 6.45) is 7.15. The van der Waals surface area contributed by atoms with Gasteiger partial charge in [-0.2, -0.15) is 0 Å². The maximum atomic E-state index is 13.2. The van der Waals surface area contributed by atoms with Gasteiger partial charge in [0.25, 0.3) is 5.91 Å². The van der Waals surface area contributed by atoms with E-state index in [0.29, 0.717) is 38.3 Å². The summed E-state index contributed by atoms with van der Waals surface area (Å²) in [6.45, 7) is 5.80. The van der Waals surface area contributed by atoms with Gasteiger partial charge in [-0.15, -0.1) is 0 Å². The molecular formula is C27H39N5O3S2. The lowest BCUT2D eigenvalue weighted by atomic mass is 9.80. The van der Waals surface area contributed by atoms with Crippen LogP contribution in [0.5, 0.6) is 0 Å². The Hall–Kier alpha value is -1.91. The van der Waals surface area contributed by atoms with Gasteiger partial charge in [-0.3, -0.25) is 14.8 Å². The predicted molar refractivity (Wildman–Crippen MR) is 152 cm³/mol. The number of hydrogen-bond donors (Lipinski definition) is 2. The number of carbonyl (C=O) groups excluding carboxylic acids is 1. The number of nitrogens with zero attached hydrogens (tertiary/aromatic N) is 3. The molecule has 1 aliphatic carbocycles. The van der Waals surface area contributed by atoms with E-state index in [4.69, 9.17) is 4.99 Å². The number of amides is 1. The first kappa shape index (κ1) is 26.7. The van der Waals surface area contributed by atoms with Gasteiger partial charge in [0.1, 0.15) is 11.4 Å². The lowest BCUT2D eigenvalue weighted by Gasteiger charge is -2.34. The number of aryl methyl sites for hydroxylation is 2. The molecule has 37 heavy (non-hydrogen) atoms. The number of benzene rings is 1. The van der Waals surface area contributed by atoms with Crippen LogP contribution in [0.15, 0.2) is 28.2 Å². The Balaban J connectivity index is 1.16. The topological polar surface area (TPSA) is 103 Å². The molecule has 3 aliphatic heterocycles. The van der Waals surface area contributed by atoms with Crippen LogP contribution < -0.4 is 10.6 Å². The first-order chi connectivity index (χ1) is 17.8. The molecule has 202 valence electrons. The summed E-state index contributed by atoms with van der Waals surface area (Å²) < 4.78 is 27.9. The van der Waals surface area contributed by atoms with Crippen molar-refractivity contribution in [2.45, 2.75) is 70.8 Å². The molecule has 0 atom stereocenters. The van der Waals surface area contributed by atoms with Crippen molar-refractivity contribution in [2.75, 3.05) is 36.5 Å². The molecule has 8 nitrogen and oxygen atoms in total. The summed E-state index contributed by atoms with van der Waals surface area (Å²) in [5.74, 6) is 3.01. The van der Waals surface area contributed by atoms with Crippen molar-refractivity contribution in [2.24, 2.45) is 21.8 Å². The molecule has 4 aliphatic rings. The zero-order valence-corrected chi connectivity index (χ0v) is 23.6. The number of hydrogen-bond acceptors (Lipinski definition) is 7. The Morgan fingerprint density at radius 1 is 1.19 bits per heavy atom. The monoisotopic (exact) mass is 545 g/mol. The lowest BCUT2D eigenvalue weighted by molar-refractivity contribution is -0.125. The molecule has 1 aromatic rings. The molecule has 1 saturated heterocycles. The molecule has 10 heteroatoms. The van der Waals surface area contributed by atoms with E-state index < -0.39 is 15.6 Å². The van der Waals surface area contributed by atoms with Crippen molar-refractivity contribution in [1.29, 1.82) is 0 Å². The SMILES string of the molecule is CC[C@H]1CC[C@H](C2=NC3(CCN(S(=O)(=O)CCc4ccc(NC5=NCCS5)cc4C)CC3)C(=O)N2)CC1. The van der Waals surface area contributed by atoms with Crippen LogP contribution >= 0.6 is 11.8 Å². The fourth-order valence-corrected chi connectivity index (χ4v) is 8.23. The summed E-state index contributed by atoms with van der Waals surface area (Å²) >= 11 is 1.71. The van der Waals surface area contributed by atoms with Gasteiger partial charge in [0, 0.05) is 30.4 Å². The zero-order chi connectivity index (χ0) is 26.0. The van der Waals surface area contributed by atoms with Crippen molar-refractivity contribution in [1.82, 2.24) is 9.62 Å². The summed E-state index contributed by atoms with van der Waals surface area (Å²) in [7, 11) is -3.42. The number of rotatable bonds is 7. The molecule has 2 N–H and O–H groups in total. The van der Waals surface area contributed by atoms with Crippen LogP contribution in [0.1, 0.15) is 63.0 Å². The number of amidine groups is 2. The van der Waals surface area contributed by atoms with Crippen molar-refractivity contribution in [3.63, 3.8) is 0 Å². The summed E-state index contributed by atoms with van der Waals surface area (Å²) in [5, 5.41) is 7.35. The highest BCUT2D eigenvalue weighted by Gasteiger charge is 2.48. The van der Waals surface area contributed by atoms with Crippen molar-refractivity contribution >= 4 is 44.4 Å². The predicted octanol–water partition coefficient (Wildman–Crippen LogP) is 3.96. The van der Waals surface area contributed by atoms with E-state index in [1.165, 1.54) is 19.3 Å². The van der Waals surface area contributed by atoms with E-state index in [9.17, 15) is 13.2 Å². The molecule has 1 saturated carbocycles. The number of sulfonamides is 1. The maximum Gasteiger partial charge on any atom is 0.253 e. The second-order valence-corrected chi connectivity index (χ2v) is 14.0. The Bertz CT molecular complexity index is 1180. The summed E-state index contributed by atoms with van der Waals surface area (Å²) in [4.78, 5) is 22.3. The number of anilines is 1. The summed E-state index contributed by atoms with van der Waals surface area (Å²) in [6, 6.07) is 6.05. The van der Waals surface area contributed by atoms with E-state index in [1.54, 1.807) is 16.1 Å². The van der Waals surface area contributed by atoms with Gasteiger partial charge in [-0.1, -0.05) is 31.2 Å². The molecular weight excluding hydrogens is 506 g/mol. The van der Waals surface area contributed by atoms with Crippen LogP contribution in [0.4, 0.5) is 5.69 Å². The maximum absolute atomic E-state index is 13.2. The smallest absolute Gasteiger partial charge is 0.253 e. The largest absolute Gasteiger partial charge is 0.335 e. The standard InChI is InChI=1S/C27H39N5O3S2/c1-3-20-4-6-22(7-5-20)24-30-25(33)27(31-24)11-14-32(15-12-27)37(34,35)17-10-21-8-9-23(18-19(21)2)29-26-28-13-16-36-26/h8-9,18,20,22H,3-7,10-17H2,1-2H3,(H,28,29)(H,30,31,33)/t20-,22-. The van der Waals surface area contributed by atoms with Gasteiger partial charge in [0.2, 0.25) is 10.0 Å². The van der Waals surface area contributed by atoms with Crippen LogP contribution in [-0.4, -0.2) is 66.3 Å². The number of thioether (sulfide) groups is 1. The van der Waals surface area contributed by atoms with Gasteiger partial charge in [0.05, 0.1) is 12.3 Å². The van der Waals surface area contributed by atoms with E-state index in [1.807, 2.05) is 19.1 Å². The van der Waals surface area contributed by atoms with Gasteiger partial charge >= 0.3 is 0 Å². The van der Waals surface area contributed by atoms with E-state index >= 15 is 0 Å². The molecule has 0 aromatic heterocycles. The molecule has 1 spiro atoms. The van der Waals surface area contributed by atoms with Gasteiger partial charge in [-0.25, -0.2) is 12.7 Å². The highest BCUT2D eigenvalue weighted by Crippen LogP contribution is 2.36. The van der Waals surface area contributed by atoms with Crippen molar-refractivity contribution in [3.8, 4) is 0 Å². The molecule has 2 fully saturated rings. The van der Waals surface area contributed by atoms with Gasteiger partial charge < -0.3 is 10.6 Å². The third kappa shape index (κ3) is 5.91. The normalized spacial score (nSPS) is 26.2. The minimum absolute atomic E-state index is 0.0385. The van der Waals surface area contributed by atoms with Gasteiger partial charge in [0.15, 0.2) is 5.17 Å². The van der Waals surface area contributed by atoms with Gasteiger partial charge in [-0.05, 0) is 81.0 Å². The van der Waals surface area contributed by atoms with Crippen LogP contribution in [0.25, 0.3) is 0 Å². The second-order valence-electron chi connectivity index (χ2n) is 10.9. The zero-order valence-electron chi connectivity index (χ0n) is 22.0. The van der Waals surface area contributed by atoms with E-state index in [2.05, 4.69) is 28.6 Å². The average Bonchev–Trinajstić information content (AvgIpc) is 3.52. The third-order valence-corrected chi connectivity index (χ3v) is 11.3. The first-order valence-corrected chi connectivity index (χ1v) is 16.3. The highest BCUT2D eigenvalue weighted by molar-refractivity contribution is 8.14. The Kier molecular flexibility index (Phi) is 7.98. The fourth-order valence-electron chi connectivity index (χ4n) is 6.01.